The van der Waals surface area contributed by atoms with Gasteiger partial charge in [0.05, 0.1) is 17.3 Å². The molecule has 2 rings (SSSR count). The lowest BCUT2D eigenvalue weighted by Crippen LogP contribution is -2.43. The Labute approximate surface area is 98.6 Å². The smallest absolute Gasteiger partial charge is 0.376 e. The molecule has 0 aromatic rings. The summed E-state index contributed by atoms with van der Waals surface area (Å²) in [5.74, 6) is -0.607. The molecule has 0 aromatic carbocycles. The number of alkyl halides is 1. The molecular weight excluding hydrogens is 227 g/mol. The summed E-state index contributed by atoms with van der Waals surface area (Å²) in [5.41, 5.74) is -0.0879. The van der Waals surface area contributed by atoms with Crippen molar-refractivity contribution in [3.63, 3.8) is 0 Å². The third kappa shape index (κ3) is 1.92. The number of nitrogens with zero attached hydrogens (tertiary/aromatic N) is 2. The minimum atomic E-state index is -1.02. The molecule has 1 fully saturated rings. The molecule has 0 bridgehead atoms. The Bertz CT molecular complexity index is 394. The van der Waals surface area contributed by atoms with Crippen molar-refractivity contribution in [2.45, 2.75) is 38.7 Å². The van der Waals surface area contributed by atoms with Crippen LogP contribution in [0.3, 0.4) is 0 Å². The highest BCUT2D eigenvalue weighted by molar-refractivity contribution is 5.95. The zero-order valence-electron chi connectivity index (χ0n) is 9.90. The number of hydrogen-bond acceptors (Lipinski definition) is 5. The van der Waals surface area contributed by atoms with Crippen LogP contribution in [-0.2, 0) is 14.5 Å². The second-order valence-electron chi connectivity index (χ2n) is 4.50. The molecule has 1 aliphatic heterocycles. The lowest BCUT2D eigenvalue weighted by molar-refractivity contribution is -0.172. The van der Waals surface area contributed by atoms with E-state index in [4.69, 9.17) is 9.68 Å². The van der Waals surface area contributed by atoms with Gasteiger partial charge in [-0.05, 0) is 26.7 Å². The van der Waals surface area contributed by atoms with Gasteiger partial charge in [0.1, 0.15) is 6.67 Å². The fraction of sp³-hybridized carbons (Fsp3) is 0.727. The molecule has 0 saturated heterocycles. The maximum Gasteiger partial charge on any atom is 0.381 e. The van der Waals surface area contributed by atoms with Crippen molar-refractivity contribution in [3.05, 3.63) is 0 Å². The molecule has 1 heterocycles. The van der Waals surface area contributed by atoms with Gasteiger partial charge >= 0.3 is 5.97 Å². The number of hydrogen-bond donors (Lipinski definition) is 0. The molecule has 2 atom stereocenters. The predicted molar refractivity (Wildman–Crippen MR) is 59.4 cm³/mol. The van der Waals surface area contributed by atoms with E-state index in [2.05, 4.69) is 10.3 Å². The van der Waals surface area contributed by atoms with E-state index in [0.29, 0.717) is 6.42 Å². The highest BCUT2D eigenvalue weighted by Crippen LogP contribution is 2.44. The molecule has 0 N–H and O–H groups in total. The zero-order chi connectivity index (χ0) is 12.5. The highest BCUT2D eigenvalue weighted by Gasteiger charge is 2.58. The SMILES string of the molecule is CC1=NOC2(C(=O)O/N=C(\C)CF)CCCC12. The van der Waals surface area contributed by atoms with Crippen molar-refractivity contribution in [1.82, 2.24) is 0 Å². The van der Waals surface area contributed by atoms with Gasteiger partial charge in [-0.1, -0.05) is 10.3 Å². The third-order valence-corrected chi connectivity index (χ3v) is 3.28. The molecule has 2 aliphatic rings. The average molecular weight is 242 g/mol. The molecule has 94 valence electrons. The van der Waals surface area contributed by atoms with Crippen LogP contribution >= 0.6 is 0 Å². The minimum absolute atomic E-state index is 0.0316. The van der Waals surface area contributed by atoms with E-state index in [1.807, 2.05) is 6.92 Å². The molecule has 17 heavy (non-hydrogen) atoms. The first-order valence-corrected chi connectivity index (χ1v) is 5.63. The largest absolute Gasteiger partial charge is 0.381 e. The number of rotatable bonds is 3. The van der Waals surface area contributed by atoms with E-state index < -0.39 is 18.2 Å². The van der Waals surface area contributed by atoms with Crippen LogP contribution in [0.15, 0.2) is 10.3 Å². The summed E-state index contributed by atoms with van der Waals surface area (Å²) in [4.78, 5) is 22.0. The number of carbonyl (C=O) groups is 1. The van der Waals surface area contributed by atoms with Gasteiger partial charge in [0, 0.05) is 6.42 Å². The molecular formula is C11H15FN2O3. The molecule has 1 saturated carbocycles. The van der Waals surface area contributed by atoms with Crippen LogP contribution in [0.2, 0.25) is 0 Å². The second-order valence-corrected chi connectivity index (χ2v) is 4.50. The summed E-state index contributed by atoms with van der Waals surface area (Å²) in [5, 5.41) is 7.28. The second kappa shape index (κ2) is 4.43. The van der Waals surface area contributed by atoms with Crippen molar-refractivity contribution in [2.75, 3.05) is 6.67 Å². The van der Waals surface area contributed by atoms with Crippen LogP contribution in [0.25, 0.3) is 0 Å². The quantitative estimate of drug-likeness (QED) is 0.431. The van der Waals surface area contributed by atoms with E-state index in [1.54, 1.807) is 0 Å². The average Bonchev–Trinajstić information content (AvgIpc) is 2.88. The molecule has 0 radical (unpaired) electrons. The normalized spacial score (nSPS) is 31.8. The molecule has 1 aliphatic carbocycles. The Balaban J connectivity index is 2.09. The minimum Gasteiger partial charge on any atom is -0.376 e. The van der Waals surface area contributed by atoms with Crippen molar-refractivity contribution < 1.29 is 18.9 Å². The van der Waals surface area contributed by atoms with Gasteiger partial charge in [0.2, 0.25) is 5.60 Å². The Morgan fingerprint density at radius 3 is 3.24 bits per heavy atom. The first kappa shape index (κ1) is 12.0. The maximum atomic E-state index is 12.2. The van der Waals surface area contributed by atoms with Gasteiger partial charge in [-0.2, -0.15) is 0 Å². The predicted octanol–water partition coefficient (Wildman–Crippen LogP) is 1.82. The first-order valence-electron chi connectivity index (χ1n) is 5.63. The number of fused-ring (bicyclic) bond motifs is 1. The topological polar surface area (TPSA) is 60.2 Å². The lowest BCUT2D eigenvalue weighted by Gasteiger charge is -2.22. The van der Waals surface area contributed by atoms with Crippen LogP contribution in [0.4, 0.5) is 4.39 Å². The van der Waals surface area contributed by atoms with Crippen molar-refractivity contribution in [2.24, 2.45) is 16.2 Å². The van der Waals surface area contributed by atoms with Gasteiger partial charge in [-0.3, -0.25) is 0 Å². The molecule has 2 unspecified atom stereocenters. The summed E-state index contributed by atoms with van der Waals surface area (Å²) in [6.45, 7) is 2.55. The maximum absolute atomic E-state index is 12.2. The highest BCUT2D eigenvalue weighted by atomic mass is 19.1. The third-order valence-electron chi connectivity index (χ3n) is 3.28. The number of carbonyl (C=O) groups excluding carboxylic acids is 1. The molecule has 6 heteroatoms. The van der Waals surface area contributed by atoms with Crippen LogP contribution in [-0.4, -0.2) is 29.7 Å². The summed E-state index contributed by atoms with van der Waals surface area (Å²) >= 11 is 0. The van der Waals surface area contributed by atoms with Crippen LogP contribution < -0.4 is 0 Å². The first-order chi connectivity index (χ1) is 8.10. The van der Waals surface area contributed by atoms with Crippen molar-refractivity contribution in [3.8, 4) is 0 Å². The molecule has 0 spiro atoms. The number of halogens is 1. The van der Waals surface area contributed by atoms with Crippen LogP contribution in [0.5, 0.6) is 0 Å². The number of oxime groups is 2. The van der Waals surface area contributed by atoms with Gasteiger partial charge in [0.15, 0.2) is 0 Å². The van der Waals surface area contributed by atoms with E-state index in [-0.39, 0.29) is 11.6 Å². The van der Waals surface area contributed by atoms with E-state index in [1.165, 1.54) is 6.92 Å². The Hall–Kier alpha value is -1.46. The lowest BCUT2D eigenvalue weighted by atomic mass is 9.88. The summed E-state index contributed by atoms with van der Waals surface area (Å²) in [6.07, 6.45) is 2.32. The van der Waals surface area contributed by atoms with Crippen molar-refractivity contribution >= 4 is 17.4 Å². The zero-order valence-corrected chi connectivity index (χ0v) is 9.90. The Morgan fingerprint density at radius 1 is 1.76 bits per heavy atom. The molecule has 0 amide bonds. The molecule has 0 aromatic heterocycles. The van der Waals surface area contributed by atoms with E-state index in [9.17, 15) is 9.18 Å². The van der Waals surface area contributed by atoms with Gasteiger partial charge < -0.3 is 9.68 Å². The Kier molecular flexibility index (Phi) is 3.13. The standard InChI is InChI=1S/C11H15FN2O3/c1-7(6-12)13-16-10(15)11-5-3-4-9(11)8(2)14-17-11/h9H,3-6H2,1-2H3/b13-7+. The molecule has 5 nitrogen and oxygen atoms in total. The van der Waals surface area contributed by atoms with Crippen LogP contribution in [0.1, 0.15) is 33.1 Å². The van der Waals surface area contributed by atoms with Gasteiger partial charge in [-0.25, -0.2) is 9.18 Å². The van der Waals surface area contributed by atoms with Crippen LogP contribution in [0, 0.1) is 5.92 Å². The monoisotopic (exact) mass is 242 g/mol. The van der Waals surface area contributed by atoms with E-state index >= 15 is 0 Å². The summed E-state index contributed by atoms with van der Waals surface area (Å²) < 4.78 is 12.2. The van der Waals surface area contributed by atoms with Gasteiger partial charge in [0.25, 0.3) is 0 Å². The van der Waals surface area contributed by atoms with Gasteiger partial charge in [-0.15, -0.1) is 0 Å². The summed E-state index contributed by atoms with van der Waals surface area (Å²) in [7, 11) is 0. The van der Waals surface area contributed by atoms with Crippen molar-refractivity contribution in [1.29, 1.82) is 0 Å². The fourth-order valence-electron chi connectivity index (χ4n) is 2.35. The fourth-order valence-corrected chi connectivity index (χ4v) is 2.35. The summed E-state index contributed by atoms with van der Waals surface area (Å²) in [6, 6.07) is 0. The van der Waals surface area contributed by atoms with E-state index in [0.717, 1.165) is 18.6 Å². The Morgan fingerprint density at radius 2 is 2.53 bits per heavy atom.